The number of nitrogens with zero attached hydrogens (tertiary/aromatic N) is 2. The summed E-state index contributed by atoms with van der Waals surface area (Å²) in [5.74, 6) is 0.691. The summed E-state index contributed by atoms with van der Waals surface area (Å²) in [4.78, 5) is 16.1. The second-order valence-corrected chi connectivity index (χ2v) is 9.34. The zero-order chi connectivity index (χ0) is 20.2. The molecular weight excluding hydrogens is 416 g/mol. The molecule has 1 amide bonds. The second kappa shape index (κ2) is 6.67. The van der Waals surface area contributed by atoms with Gasteiger partial charge in [-0.1, -0.05) is 11.6 Å². The van der Waals surface area contributed by atoms with Gasteiger partial charge in [-0.15, -0.1) is 0 Å². The maximum Gasteiger partial charge on any atom is 0.267 e. The number of hydrogen-bond acceptors (Lipinski definition) is 6. The Hall–Kier alpha value is -2.71. The Balaban J connectivity index is 1.68. The van der Waals surface area contributed by atoms with E-state index in [-0.39, 0.29) is 16.6 Å². The minimum Gasteiger partial charge on any atom is -0.454 e. The molecule has 0 atom stereocenters. The molecule has 150 valence electrons. The lowest BCUT2D eigenvalue weighted by Gasteiger charge is -2.30. The average Bonchev–Trinajstić information content (AvgIpc) is 3.38. The van der Waals surface area contributed by atoms with Crippen molar-refractivity contribution in [2.75, 3.05) is 24.8 Å². The van der Waals surface area contributed by atoms with Crippen LogP contribution in [-0.4, -0.2) is 39.1 Å². The highest BCUT2D eigenvalue weighted by atomic mass is 35.5. The average molecular weight is 433 g/mol. The molecule has 1 saturated heterocycles. The number of halogens is 1. The molecule has 3 heterocycles. The van der Waals surface area contributed by atoms with E-state index in [2.05, 4.69) is 0 Å². The maximum absolute atomic E-state index is 13.2. The molecule has 0 N–H and O–H groups in total. The summed E-state index contributed by atoms with van der Waals surface area (Å²) in [6, 6.07) is 9.81. The molecule has 0 aromatic heterocycles. The molecule has 0 spiro atoms. The maximum atomic E-state index is 13.2. The molecule has 2 aromatic carbocycles. The quantitative estimate of drug-likeness (QED) is 0.723. The van der Waals surface area contributed by atoms with Crippen LogP contribution in [0, 0.1) is 0 Å². The first kappa shape index (κ1) is 18.3. The number of carbonyl (C=O) groups is 1. The summed E-state index contributed by atoms with van der Waals surface area (Å²) in [6.45, 7) is 1.25. The van der Waals surface area contributed by atoms with Gasteiger partial charge in [-0.2, -0.15) is 0 Å². The molecule has 0 saturated carbocycles. The predicted octanol–water partition coefficient (Wildman–Crippen LogP) is 3.46. The molecular formula is C20H17ClN2O5S. The third-order valence-corrected chi connectivity index (χ3v) is 7.26. The number of anilines is 2. The van der Waals surface area contributed by atoms with Gasteiger partial charge in [0.1, 0.15) is 0 Å². The van der Waals surface area contributed by atoms with Gasteiger partial charge < -0.3 is 19.3 Å². The van der Waals surface area contributed by atoms with Gasteiger partial charge >= 0.3 is 0 Å². The zero-order valence-corrected chi connectivity index (χ0v) is 16.9. The van der Waals surface area contributed by atoms with E-state index in [0.717, 1.165) is 12.8 Å². The molecule has 1 fully saturated rings. The SMILES string of the molecule is O=C(C1=CN(c2ccc3c(c2)OCO3)c2cc(Cl)ccc2S1(=O)=O)N1CCCC1. The van der Waals surface area contributed by atoms with Crippen molar-refractivity contribution in [3.8, 4) is 11.5 Å². The van der Waals surface area contributed by atoms with Crippen molar-refractivity contribution in [3.63, 3.8) is 0 Å². The van der Waals surface area contributed by atoms with Crippen molar-refractivity contribution in [3.05, 3.63) is 52.5 Å². The van der Waals surface area contributed by atoms with Crippen LogP contribution in [0.5, 0.6) is 11.5 Å². The van der Waals surface area contributed by atoms with Gasteiger partial charge in [-0.25, -0.2) is 8.42 Å². The fourth-order valence-electron chi connectivity index (χ4n) is 3.78. The summed E-state index contributed by atoms with van der Waals surface area (Å²) in [5, 5.41) is 0.396. The molecule has 2 aromatic rings. The van der Waals surface area contributed by atoms with Crippen molar-refractivity contribution >= 4 is 38.7 Å². The second-order valence-electron chi connectivity index (χ2n) is 7.02. The Morgan fingerprint density at radius 3 is 2.55 bits per heavy atom. The van der Waals surface area contributed by atoms with Gasteiger partial charge in [0.05, 0.1) is 10.6 Å². The largest absolute Gasteiger partial charge is 0.454 e. The van der Waals surface area contributed by atoms with Crippen LogP contribution in [0.3, 0.4) is 0 Å². The molecule has 3 aliphatic heterocycles. The number of fused-ring (bicyclic) bond motifs is 2. The minimum atomic E-state index is -3.98. The van der Waals surface area contributed by atoms with Crippen LogP contribution in [0.25, 0.3) is 0 Å². The van der Waals surface area contributed by atoms with Gasteiger partial charge in [-0.05, 0) is 43.2 Å². The van der Waals surface area contributed by atoms with Gasteiger partial charge in [0.2, 0.25) is 16.6 Å². The highest BCUT2D eigenvalue weighted by Crippen LogP contribution is 2.44. The van der Waals surface area contributed by atoms with Crippen molar-refractivity contribution in [2.45, 2.75) is 17.7 Å². The molecule has 3 aliphatic rings. The highest BCUT2D eigenvalue weighted by molar-refractivity contribution is 7.96. The summed E-state index contributed by atoms with van der Waals surface area (Å²) in [7, 11) is -3.98. The van der Waals surface area contributed by atoms with E-state index in [1.165, 1.54) is 18.3 Å². The van der Waals surface area contributed by atoms with Gasteiger partial charge in [0, 0.05) is 36.1 Å². The number of ether oxygens (including phenoxy) is 2. The third-order valence-electron chi connectivity index (χ3n) is 5.24. The van der Waals surface area contributed by atoms with E-state index in [4.69, 9.17) is 21.1 Å². The Morgan fingerprint density at radius 1 is 1.00 bits per heavy atom. The first-order valence-electron chi connectivity index (χ1n) is 9.20. The minimum absolute atomic E-state index is 0.0459. The van der Waals surface area contributed by atoms with Crippen molar-refractivity contribution in [2.24, 2.45) is 0 Å². The summed E-state index contributed by atoms with van der Waals surface area (Å²) in [6.07, 6.45) is 3.13. The molecule has 29 heavy (non-hydrogen) atoms. The van der Waals surface area contributed by atoms with Crippen LogP contribution in [0.4, 0.5) is 11.4 Å². The Bertz CT molecular complexity index is 1160. The van der Waals surface area contributed by atoms with E-state index < -0.39 is 15.7 Å². The third kappa shape index (κ3) is 2.94. The fourth-order valence-corrected chi connectivity index (χ4v) is 5.46. The molecule has 9 heteroatoms. The van der Waals surface area contributed by atoms with Crippen molar-refractivity contribution in [1.82, 2.24) is 4.90 Å². The monoisotopic (exact) mass is 432 g/mol. The number of sulfone groups is 1. The standard InChI is InChI=1S/C20H17ClN2O5S/c21-13-3-6-18-15(9-13)23(14-4-5-16-17(10-14)28-12-27-16)11-19(29(18,25)26)20(24)22-7-1-2-8-22/h3-6,9-11H,1-2,7-8,12H2. The van der Waals surface area contributed by atoms with E-state index in [1.807, 2.05) is 0 Å². The van der Waals surface area contributed by atoms with Crippen LogP contribution >= 0.6 is 11.6 Å². The van der Waals surface area contributed by atoms with Crippen LogP contribution in [-0.2, 0) is 14.6 Å². The number of rotatable bonds is 2. The van der Waals surface area contributed by atoms with Crippen LogP contribution in [0.15, 0.2) is 52.4 Å². The van der Waals surface area contributed by atoms with Crippen LogP contribution < -0.4 is 14.4 Å². The fraction of sp³-hybridized carbons (Fsp3) is 0.250. The first-order chi connectivity index (χ1) is 13.9. The smallest absolute Gasteiger partial charge is 0.267 e. The summed E-state index contributed by atoms with van der Waals surface area (Å²) >= 11 is 6.16. The van der Waals surface area contributed by atoms with E-state index in [1.54, 1.807) is 34.1 Å². The molecule has 7 nitrogen and oxygen atoms in total. The molecule has 0 radical (unpaired) electrons. The number of hydrogen-bond donors (Lipinski definition) is 0. The van der Waals surface area contributed by atoms with Crippen molar-refractivity contribution in [1.29, 1.82) is 0 Å². The molecule has 0 bridgehead atoms. The zero-order valence-electron chi connectivity index (χ0n) is 15.3. The van der Waals surface area contributed by atoms with E-state index in [0.29, 0.717) is 41.0 Å². The topological polar surface area (TPSA) is 76.1 Å². The molecule has 0 aliphatic carbocycles. The number of amides is 1. The number of carbonyl (C=O) groups excluding carboxylic acids is 1. The van der Waals surface area contributed by atoms with Gasteiger partial charge in [0.25, 0.3) is 5.91 Å². The Morgan fingerprint density at radius 2 is 1.76 bits per heavy atom. The summed E-state index contributed by atoms with van der Waals surface area (Å²) < 4.78 is 37.3. The summed E-state index contributed by atoms with van der Waals surface area (Å²) in [5.41, 5.74) is 1.02. The normalized spacial score (nSPS) is 19.1. The van der Waals surface area contributed by atoms with E-state index >= 15 is 0 Å². The van der Waals surface area contributed by atoms with Crippen LogP contribution in [0.1, 0.15) is 12.8 Å². The Labute approximate surface area is 173 Å². The number of likely N-dealkylation sites (tertiary alicyclic amines) is 1. The van der Waals surface area contributed by atoms with E-state index in [9.17, 15) is 13.2 Å². The molecule has 0 unspecified atom stereocenters. The Kier molecular flexibility index (Phi) is 4.22. The number of benzene rings is 2. The van der Waals surface area contributed by atoms with Crippen molar-refractivity contribution < 1.29 is 22.7 Å². The van der Waals surface area contributed by atoms with Gasteiger partial charge in [-0.3, -0.25) is 4.79 Å². The first-order valence-corrected chi connectivity index (χ1v) is 11.1. The van der Waals surface area contributed by atoms with Crippen LogP contribution in [0.2, 0.25) is 5.02 Å². The lowest BCUT2D eigenvalue weighted by molar-refractivity contribution is -0.125. The highest BCUT2D eigenvalue weighted by Gasteiger charge is 2.38. The molecule has 5 rings (SSSR count). The predicted molar refractivity (Wildman–Crippen MR) is 107 cm³/mol. The lowest BCUT2D eigenvalue weighted by atomic mass is 10.2. The van der Waals surface area contributed by atoms with Gasteiger partial charge in [0.15, 0.2) is 16.4 Å². The lowest BCUT2D eigenvalue weighted by Crippen LogP contribution is -2.35.